The molecule has 1 aromatic carbocycles. The Labute approximate surface area is 121 Å². The van der Waals surface area contributed by atoms with Crippen molar-refractivity contribution in [1.82, 2.24) is 19.7 Å². The lowest BCUT2D eigenvalue weighted by Crippen LogP contribution is -2.08. The van der Waals surface area contributed by atoms with Crippen molar-refractivity contribution in [2.45, 2.75) is 0 Å². The summed E-state index contributed by atoms with van der Waals surface area (Å²) >= 11 is 16.8. The summed E-state index contributed by atoms with van der Waals surface area (Å²) in [6.07, 6.45) is 1.46. The van der Waals surface area contributed by atoms with E-state index in [0.29, 0.717) is 26.8 Å². The van der Waals surface area contributed by atoms with Crippen molar-refractivity contribution < 1.29 is 0 Å². The van der Waals surface area contributed by atoms with Gasteiger partial charge in [0.25, 0.3) is 5.56 Å². The van der Waals surface area contributed by atoms with Crippen LogP contribution >= 0.6 is 35.4 Å². The summed E-state index contributed by atoms with van der Waals surface area (Å²) in [5.74, 6) is 0. The highest BCUT2D eigenvalue weighted by atomic mass is 35.5. The molecular weight excluding hydrogens is 307 g/mol. The van der Waals surface area contributed by atoms with E-state index in [0.717, 1.165) is 0 Å². The molecule has 0 aliphatic carbocycles. The molecule has 0 fully saturated rings. The quantitative estimate of drug-likeness (QED) is 0.679. The van der Waals surface area contributed by atoms with Crippen molar-refractivity contribution in [3.05, 3.63) is 49.6 Å². The van der Waals surface area contributed by atoms with E-state index in [-0.39, 0.29) is 10.3 Å². The Morgan fingerprint density at radius 1 is 1.21 bits per heavy atom. The summed E-state index contributed by atoms with van der Waals surface area (Å²) in [5, 5.41) is 5.43. The first kappa shape index (κ1) is 12.4. The second kappa shape index (κ2) is 4.48. The van der Waals surface area contributed by atoms with Crippen molar-refractivity contribution in [3.8, 4) is 5.69 Å². The number of aromatic amines is 2. The van der Waals surface area contributed by atoms with Gasteiger partial charge in [-0.2, -0.15) is 5.10 Å². The Kier molecular flexibility index (Phi) is 2.93. The predicted molar refractivity (Wildman–Crippen MR) is 76.9 cm³/mol. The monoisotopic (exact) mass is 312 g/mol. The van der Waals surface area contributed by atoms with Crippen LogP contribution < -0.4 is 5.56 Å². The van der Waals surface area contributed by atoms with Crippen molar-refractivity contribution >= 4 is 46.5 Å². The van der Waals surface area contributed by atoms with Gasteiger partial charge in [0.1, 0.15) is 11.0 Å². The van der Waals surface area contributed by atoms with Crippen LogP contribution in [-0.2, 0) is 0 Å². The van der Waals surface area contributed by atoms with E-state index in [2.05, 4.69) is 15.1 Å². The molecule has 3 aromatic rings. The smallest absolute Gasteiger partial charge is 0.262 e. The first-order valence-corrected chi connectivity index (χ1v) is 6.38. The summed E-state index contributed by atoms with van der Waals surface area (Å²) in [7, 11) is 0. The zero-order valence-corrected chi connectivity index (χ0v) is 11.6. The average molecular weight is 313 g/mol. The Morgan fingerprint density at radius 3 is 2.74 bits per heavy atom. The van der Waals surface area contributed by atoms with Crippen LogP contribution in [0.5, 0.6) is 0 Å². The van der Waals surface area contributed by atoms with E-state index in [1.54, 1.807) is 22.9 Å². The summed E-state index contributed by atoms with van der Waals surface area (Å²) in [4.78, 5) is 17.1. The van der Waals surface area contributed by atoms with Gasteiger partial charge in [-0.15, -0.1) is 0 Å². The van der Waals surface area contributed by atoms with Crippen LogP contribution in [0.15, 0.2) is 29.2 Å². The third-order valence-corrected chi connectivity index (χ3v) is 3.56. The van der Waals surface area contributed by atoms with Crippen LogP contribution in [0.3, 0.4) is 0 Å². The molecule has 0 saturated carbocycles. The lowest BCUT2D eigenvalue weighted by atomic mass is 10.3. The van der Waals surface area contributed by atoms with Crippen molar-refractivity contribution in [2.75, 3.05) is 0 Å². The molecule has 0 aliphatic rings. The topological polar surface area (TPSA) is 66.5 Å². The van der Waals surface area contributed by atoms with Crippen LogP contribution in [0.4, 0.5) is 0 Å². The standard InChI is InChI=1S/C11H6Cl2N4OS/c12-7-2-1-5(3-8(7)13)17-9-6(4-14-17)10(18)16-11(19)15-9/h1-4H,(H2,15,16,18,19). The Morgan fingerprint density at radius 2 is 2.00 bits per heavy atom. The number of hydrogen-bond acceptors (Lipinski definition) is 3. The van der Waals surface area contributed by atoms with Crippen LogP contribution in [0, 0.1) is 4.77 Å². The van der Waals surface area contributed by atoms with Gasteiger partial charge in [-0.25, -0.2) is 4.68 Å². The molecule has 96 valence electrons. The number of halogens is 2. The molecule has 8 heteroatoms. The highest BCUT2D eigenvalue weighted by Crippen LogP contribution is 2.25. The first-order chi connectivity index (χ1) is 9.06. The highest BCUT2D eigenvalue weighted by molar-refractivity contribution is 7.71. The summed E-state index contributed by atoms with van der Waals surface area (Å²) in [6.45, 7) is 0. The van der Waals surface area contributed by atoms with E-state index in [4.69, 9.17) is 35.4 Å². The number of H-pyrrole nitrogens is 2. The van der Waals surface area contributed by atoms with Gasteiger partial charge in [-0.1, -0.05) is 23.2 Å². The third-order valence-electron chi connectivity index (χ3n) is 2.62. The number of nitrogens with one attached hydrogen (secondary N) is 2. The van der Waals surface area contributed by atoms with Crippen LogP contribution in [0.1, 0.15) is 0 Å². The fourth-order valence-electron chi connectivity index (χ4n) is 1.76. The zero-order chi connectivity index (χ0) is 13.6. The van der Waals surface area contributed by atoms with Gasteiger partial charge in [0, 0.05) is 0 Å². The highest BCUT2D eigenvalue weighted by Gasteiger charge is 2.09. The predicted octanol–water partition coefficient (Wildman–Crippen LogP) is 3.08. The average Bonchev–Trinajstić information content (AvgIpc) is 2.76. The number of fused-ring (bicyclic) bond motifs is 1. The number of rotatable bonds is 1. The number of aromatic nitrogens is 4. The van der Waals surface area contributed by atoms with E-state index < -0.39 is 0 Å². The van der Waals surface area contributed by atoms with E-state index in [1.807, 2.05) is 0 Å². The van der Waals surface area contributed by atoms with Crippen LogP contribution in [-0.4, -0.2) is 19.7 Å². The molecular formula is C11H6Cl2N4OS. The van der Waals surface area contributed by atoms with E-state index >= 15 is 0 Å². The second-order valence-electron chi connectivity index (χ2n) is 3.83. The molecule has 3 rings (SSSR count). The second-order valence-corrected chi connectivity index (χ2v) is 5.05. The van der Waals surface area contributed by atoms with Gasteiger partial charge >= 0.3 is 0 Å². The fraction of sp³-hybridized carbons (Fsp3) is 0. The Bertz CT molecular complexity index is 896. The lowest BCUT2D eigenvalue weighted by Gasteiger charge is -2.04. The molecule has 2 N–H and O–H groups in total. The normalized spacial score (nSPS) is 11.1. The maximum atomic E-state index is 11.7. The number of benzene rings is 1. The zero-order valence-electron chi connectivity index (χ0n) is 9.28. The maximum Gasteiger partial charge on any atom is 0.262 e. The molecule has 0 bridgehead atoms. The molecule has 2 aromatic heterocycles. The minimum Gasteiger partial charge on any atom is -0.316 e. The molecule has 0 radical (unpaired) electrons. The summed E-state index contributed by atoms with van der Waals surface area (Å²) < 4.78 is 1.78. The largest absolute Gasteiger partial charge is 0.316 e. The Hall–Kier alpha value is -1.63. The molecule has 0 saturated heterocycles. The van der Waals surface area contributed by atoms with E-state index in [9.17, 15) is 4.79 Å². The minimum atomic E-state index is -0.287. The van der Waals surface area contributed by atoms with Gasteiger partial charge in [0.05, 0.1) is 21.9 Å². The van der Waals surface area contributed by atoms with Crippen LogP contribution in [0.2, 0.25) is 10.0 Å². The molecule has 0 aliphatic heterocycles. The van der Waals surface area contributed by atoms with Gasteiger partial charge < -0.3 is 4.98 Å². The third kappa shape index (κ3) is 2.07. The van der Waals surface area contributed by atoms with Crippen molar-refractivity contribution in [1.29, 1.82) is 0 Å². The van der Waals surface area contributed by atoms with Crippen molar-refractivity contribution in [3.63, 3.8) is 0 Å². The van der Waals surface area contributed by atoms with E-state index in [1.165, 1.54) is 6.20 Å². The lowest BCUT2D eigenvalue weighted by molar-refractivity contribution is 0.893. The van der Waals surface area contributed by atoms with Crippen molar-refractivity contribution in [2.24, 2.45) is 0 Å². The summed E-state index contributed by atoms with van der Waals surface area (Å²) in [5.41, 5.74) is 0.901. The molecule has 0 amide bonds. The first-order valence-electron chi connectivity index (χ1n) is 5.22. The molecule has 0 spiro atoms. The SMILES string of the molecule is O=c1[nH]c(=S)[nH]c2c1cnn2-c1ccc(Cl)c(Cl)c1. The minimum absolute atomic E-state index is 0.235. The maximum absolute atomic E-state index is 11.7. The van der Waals surface area contributed by atoms with Gasteiger partial charge in [-0.3, -0.25) is 9.78 Å². The molecule has 0 unspecified atom stereocenters. The molecule has 2 heterocycles. The molecule has 0 atom stereocenters. The summed E-state index contributed by atoms with van der Waals surface area (Å²) in [6, 6.07) is 5.07. The fourth-order valence-corrected chi connectivity index (χ4v) is 2.24. The van der Waals surface area contributed by atoms with Gasteiger partial charge in [0.2, 0.25) is 0 Å². The Balaban J connectivity index is 2.34. The number of nitrogens with zero attached hydrogens (tertiary/aromatic N) is 2. The van der Waals surface area contributed by atoms with Crippen LogP contribution in [0.25, 0.3) is 16.7 Å². The molecule has 5 nitrogen and oxygen atoms in total. The number of hydrogen-bond donors (Lipinski definition) is 2. The van der Waals surface area contributed by atoms with Gasteiger partial charge in [0.15, 0.2) is 4.77 Å². The molecule has 19 heavy (non-hydrogen) atoms. The van der Waals surface area contributed by atoms with Gasteiger partial charge in [-0.05, 0) is 30.4 Å².